The van der Waals surface area contributed by atoms with Crippen LogP contribution in [-0.4, -0.2) is 17.0 Å². The SMILES string of the molecule is CCC(NC(=O)c1ccccc1)=C(CC)C(=O)O. The first kappa shape index (κ1) is 14.0. The van der Waals surface area contributed by atoms with Gasteiger partial charge in [-0.1, -0.05) is 32.0 Å². The Morgan fingerprint density at radius 3 is 2.17 bits per heavy atom. The van der Waals surface area contributed by atoms with Crippen LogP contribution in [0.1, 0.15) is 37.0 Å². The number of allylic oxidation sites excluding steroid dienone is 1. The van der Waals surface area contributed by atoms with Crippen molar-refractivity contribution in [3.05, 3.63) is 47.2 Å². The Hall–Kier alpha value is -2.10. The van der Waals surface area contributed by atoms with Gasteiger partial charge in [-0.3, -0.25) is 4.79 Å². The second-order valence-corrected chi connectivity index (χ2v) is 3.79. The Morgan fingerprint density at radius 2 is 1.72 bits per heavy atom. The van der Waals surface area contributed by atoms with Crippen molar-refractivity contribution in [3.8, 4) is 0 Å². The maximum Gasteiger partial charge on any atom is 0.333 e. The van der Waals surface area contributed by atoms with Crippen LogP contribution in [0.15, 0.2) is 41.6 Å². The van der Waals surface area contributed by atoms with Crippen LogP contribution in [0.3, 0.4) is 0 Å². The van der Waals surface area contributed by atoms with Crippen LogP contribution >= 0.6 is 0 Å². The quantitative estimate of drug-likeness (QED) is 0.786. The summed E-state index contributed by atoms with van der Waals surface area (Å²) in [5.41, 5.74) is 1.24. The highest BCUT2D eigenvalue weighted by atomic mass is 16.4. The minimum Gasteiger partial charge on any atom is -0.478 e. The molecule has 18 heavy (non-hydrogen) atoms. The van der Waals surface area contributed by atoms with Gasteiger partial charge in [-0.2, -0.15) is 0 Å². The van der Waals surface area contributed by atoms with Crippen LogP contribution in [-0.2, 0) is 4.79 Å². The molecule has 0 spiro atoms. The largest absolute Gasteiger partial charge is 0.478 e. The average molecular weight is 247 g/mol. The first-order chi connectivity index (χ1) is 8.60. The Bertz CT molecular complexity index is 463. The van der Waals surface area contributed by atoms with E-state index in [4.69, 9.17) is 5.11 Å². The molecule has 0 radical (unpaired) electrons. The standard InChI is InChI=1S/C14H17NO3/c1-3-11(14(17)18)12(4-2)15-13(16)10-8-6-5-7-9-10/h5-9H,3-4H2,1-2H3,(H,15,16)(H,17,18). The maximum absolute atomic E-state index is 11.9. The number of carboxylic acid groups (broad SMARTS) is 1. The number of carbonyl (C=O) groups excluding carboxylic acids is 1. The van der Waals surface area contributed by atoms with E-state index in [1.54, 1.807) is 31.2 Å². The van der Waals surface area contributed by atoms with Crippen LogP contribution in [0, 0.1) is 0 Å². The van der Waals surface area contributed by atoms with E-state index < -0.39 is 5.97 Å². The topological polar surface area (TPSA) is 66.4 Å². The van der Waals surface area contributed by atoms with Crippen molar-refractivity contribution >= 4 is 11.9 Å². The predicted molar refractivity (Wildman–Crippen MR) is 69.2 cm³/mol. The molecule has 0 saturated heterocycles. The Kier molecular flexibility index (Phi) is 5.11. The van der Waals surface area contributed by atoms with Crippen molar-refractivity contribution in [2.75, 3.05) is 0 Å². The molecule has 4 nitrogen and oxygen atoms in total. The zero-order valence-electron chi connectivity index (χ0n) is 10.6. The summed E-state index contributed by atoms with van der Waals surface area (Å²) >= 11 is 0. The fraction of sp³-hybridized carbons (Fsp3) is 0.286. The van der Waals surface area contributed by atoms with E-state index in [9.17, 15) is 9.59 Å². The van der Waals surface area contributed by atoms with Crippen molar-refractivity contribution < 1.29 is 14.7 Å². The van der Waals surface area contributed by atoms with E-state index in [1.807, 2.05) is 13.0 Å². The molecule has 0 fully saturated rings. The summed E-state index contributed by atoms with van der Waals surface area (Å²) in [6.07, 6.45) is 0.863. The monoisotopic (exact) mass is 247 g/mol. The van der Waals surface area contributed by atoms with Crippen LogP contribution in [0.25, 0.3) is 0 Å². The lowest BCUT2D eigenvalue weighted by Crippen LogP contribution is -2.25. The minimum atomic E-state index is -0.984. The van der Waals surface area contributed by atoms with Crippen molar-refractivity contribution in [2.45, 2.75) is 26.7 Å². The van der Waals surface area contributed by atoms with Gasteiger partial charge < -0.3 is 10.4 Å². The number of nitrogens with one attached hydrogen (secondary N) is 1. The number of carboxylic acids is 1. The molecule has 4 heteroatoms. The number of benzene rings is 1. The first-order valence-electron chi connectivity index (χ1n) is 5.91. The zero-order chi connectivity index (χ0) is 13.5. The number of hydrogen-bond donors (Lipinski definition) is 2. The molecule has 0 saturated carbocycles. The van der Waals surface area contributed by atoms with Gasteiger partial charge in [-0.15, -0.1) is 0 Å². The number of carbonyl (C=O) groups is 2. The molecule has 0 atom stereocenters. The summed E-state index contributed by atoms with van der Waals surface area (Å²) in [6, 6.07) is 8.73. The molecule has 1 aromatic rings. The predicted octanol–water partition coefficient (Wildman–Crippen LogP) is 2.58. The van der Waals surface area contributed by atoms with E-state index in [0.717, 1.165) is 0 Å². The summed E-state index contributed by atoms with van der Waals surface area (Å²) in [4.78, 5) is 23.0. The summed E-state index contributed by atoms with van der Waals surface area (Å²) < 4.78 is 0. The second-order valence-electron chi connectivity index (χ2n) is 3.79. The zero-order valence-corrected chi connectivity index (χ0v) is 10.6. The number of hydrogen-bond acceptors (Lipinski definition) is 2. The second kappa shape index (κ2) is 6.59. The third-order valence-electron chi connectivity index (χ3n) is 2.63. The molecule has 2 N–H and O–H groups in total. The summed E-state index contributed by atoms with van der Waals surface area (Å²) in [6.45, 7) is 3.58. The highest BCUT2D eigenvalue weighted by Gasteiger charge is 2.14. The van der Waals surface area contributed by atoms with Gasteiger partial charge in [0, 0.05) is 11.3 Å². The fourth-order valence-corrected chi connectivity index (χ4v) is 1.67. The third kappa shape index (κ3) is 3.45. The summed E-state index contributed by atoms with van der Waals surface area (Å²) in [5.74, 6) is -1.26. The number of amides is 1. The summed E-state index contributed by atoms with van der Waals surface area (Å²) in [5, 5.41) is 11.7. The van der Waals surface area contributed by atoms with E-state index in [-0.39, 0.29) is 11.5 Å². The molecular formula is C14H17NO3. The van der Waals surface area contributed by atoms with Crippen molar-refractivity contribution in [1.29, 1.82) is 0 Å². The number of rotatable bonds is 5. The molecule has 1 aromatic carbocycles. The van der Waals surface area contributed by atoms with Gasteiger partial charge in [0.15, 0.2) is 0 Å². The molecule has 0 aliphatic carbocycles. The Balaban J connectivity index is 2.94. The smallest absolute Gasteiger partial charge is 0.333 e. The van der Waals surface area contributed by atoms with Gasteiger partial charge in [0.2, 0.25) is 0 Å². The van der Waals surface area contributed by atoms with Crippen LogP contribution in [0.5, 0.6) is 0 Å². The van der Waals surface area contributed by atoms with Gasteiger partial charge >= 0.3 is 5.97 Å². The van der Waals surface area contributed by atoms with Gasteiger partial charge in [0.1, 0.15) is 0 Å². The highest BCUT2D eigenvalue weighted by molar-refractivity contribution is 5.96. The number of aliphatic carboxylic acids is 1. The lowest BCUT2D eigenvalue weighted by atomic mass is 10.1. The van der Waals surface area contributed by atoms with Gasteiger partial charge in [0.05, 0.1) is 5.57 Å². The molecule has 1 rings (SSSR count). The lowest BCUT2D eigenvalue weighted by molar-refractivity contribution is -0.132. The summed E-state index contributed by atoms with van der Waals surface area (Å²) in [7, 11) is 0. The van der Waals surface area contributed by atoms with Crippen molar-refractivity contribution in [3.63, 3.8) is 0 Å². The average Bonchev–Trinajstić information content (AvgIpc) is 2.38. The first-order valence-corrected chi connectivity index (χ1v) is 5.91. The molecule has 96 valence electrons. The van der Waals surface area contributed by atoms with E-state index in [0.29, 0.717) is 24.1 Å². The normalized spacial score (nSPS) is 11.7. The third-order valence-corrected chi connectivity index (χ3v) is 2.63. The van der Waals surface area contributed by atoms with E-state index in [1.165, 1.54) is 0 Å². The highest BCUT2D eigenvalue weighted by Crippen LogP contribution is 2.11. The molecular weight excluding hydrogens is 230 g/mol. The molecule has 0 aliphatic heterocycles. The molecule has 1 amide bonds. The van der Waals surface area contributed by atoms with Crippen LogP contribution < -0.4 is 5.32 Å². The minimum absolute atomic E-state index is 0.252. The molecule has 0 bridgehead atoms. The fourth-order valence-electron chi connectivity index (χ4n) is 1.67. The molecule has 0 aliphatic rings. The van der Waals surface area contributed by atoms with E-state index in [2.05, 4.69) is 5.32 Å². The van der Waals surface area contributed by atoms with Gasteiger partial charge in [-0.25, -0.2) is 4.79 Å². The molecule has 0 unspecified atom stereocenters. The van der Waals surface area contributed by atoms with Crippen molar-refractivity contribution in [2.24, 2.45) is 0 Å². The van der Waals surface area contributed by atoms with Crippen molar-refractivity contribution in [1.82, 2.24) is 5.32 Å². The van der Waals surface area contributed by atoms with E-state index >= 15 is 0 Å². The van der Waals surface area contributed by atoms with Crippen LogP contribution in [0.4, 0.5) is 0 Å². The Morgan fingerprint density at radius 1 is 1.11 bits per heavy atom. The van der Waals surface area contributed by atoms with Crippen LogP contribution in [0.2, 0.25) is 0 Å². The molecule has 0 heterocycles. The van der Waals surface area contributed by atoms with Gasteiger partial charge in [0.25, 0.3) is 5.91 Å². The Labute approximate surface area is 106 Å². The molecule has 0 aromatic heterocycles. The maximum atomic E-state index is 11.9. The van der Waals surface area contributed by atoms with Gasteiger partial charge in [-0.05, 0) is 25.0 Å². The lowest BCUT2D eigenvalue weighted by Gasteiger charge is -2.11.